The van der Waals surface area contributed by atoms with Crippen LogP contribution in [0.25, 0.3) is 11.0 Å². The predicted molar refractivity (Wildman–Crippen MR) is 159 cm³/mol. The van der Waals surface area contributed by atoms with Crippen LogP contribution in [0.15, 0.2) is 36.4 Å². The van der Waals surface area contributed by atoms with Gasteiger partial charge in [-0.3, -0.25) is 9.59 Å². The highest BCUT2D eigenvalue weighted by molar-refractivity contribution is 5.82. The molecule has 2 saturated carbocycles. The van der Waals surface area contributed by atoms with Crippen LogP contribution >= 0.6 is 0 Å². The molecule has 2 aromatic carbocycles. The second-order valence-corrected chi connectivity index (χ2v) is 12.1. The maximum absolute atomic E-state index is 12.8. The Morgan fingerprint density at radius 2 is 1.52 bits per heavy atom. The summed E-state index contributed by atoms with van der Waals surface area (Å²) in [6, 6.07) is 13.7. The highest BCUT2D eigenvalue weighted by atomic mass is 16.2. The normalized spacial score (nSPS) is 19.6. The van der Waals surface area contributed by atoms with Crippen LogP contribution in [0.2, 0.25) is 0 Å². The van der Waals surface area contributed by atoms with Gasteiger partial charge in [0.2, 0.25) is 11.8 Å². The number of aromatic nitrogens is 2. The number of imidazole rings is 1. The molecule has 0 saturated heterocycles. The molecule has 7 heteroatoms. The van der Waals surface area contributed by atoms with Gasteiger partial charge in [0.05, 0.1) is 23.1 Å². The van der Waals surface area contributed by atoms with E-state index >= 15 is 0 Å². The van der Waals surface area contributed by atoms with E-state index in [0.29, 0.717) is 12.5 Å². The number of nitrogens with one attached hydrogen (secondary N) is 2. The Morgan fingerprint density at radius 3 is 2.17 bits per heavy atom. The van der Waals surface area contributed by atoms with E-state index in [4.69, 9.17) is 4.98 Å². The molecular weight excluding hydrogens is 498 g/mol. The standard InChI is InChI=1S/C33H43N5O2/c1-5-37(32(39)24-12-13-24)20(3)28-19-26-11-9-22(17-29(26)34-28)7-8-23-10-16-27-30(18-23)36-31(35-27)21(4)38(6-2)33(40)25-14-15-25/h9-11,16-18,20-21,24-25,28,34H,5-8,12-15,19H2,1-4H3,(H,35,36). The molecule has 3 atom stereocenters. The molecule has 2 aliphatic carbocycles. The van der Waals surface area contributed by atoms with Crippen LogP contribution in [0.1, 0.15) is 81.9 Å². The number of likely N-dealkylation sites (N-methyl/N-ethyl adjacent to an activating group) is 1. The summed E-state index contributed by atoms with van der Waals surface area (Å²) in [5, 5.41) is 3.74. The van der Waals surface area contributed by atoms with Crippen molar-refractivity contribution >= 4 is 28.5 Å². The Balaban J connectivity index is 1.09. The summed E-state index contributed by atoms with van der Waals surface area (Å²) in [6.45, 7) is 9.87. The minimum Gasteiger partial charge on any atom is -0.380 e. The van der Waals surface area contributed by atoms with Gasteiger partial charge in [0.15, 0.2) is 0 Å². The molecule has 1 aromatic heterocycles. The summed E-state index contributed by atoms with van der Waals surface area (Å²) in [5.41, 5.74) is 7.13. The van der Waals surface area contributed by atoms with Gasteiger partial charge >= 0.3 is 0 Å². The molecule has 2 heterocycles. The molecule has 0 bridgehead atoms. The number of benzene rings is 2. The van der Waals surface area contributed by atoms with Gasteiger partial charge in [-0.1, -0.05) is 18.2 Å². The minimum absolute atomic E-state index is 0.0596. The zero-order valence-corrected chi connectivity index (χ0v) is 24.4. The van der Waals surface area contributed by atoms with Crippen molar-refractivity contribution in [2.45, 2.75) is 90.8 Å². The fourth-order valence-corrected chi connectivity index (χ4v) is 6.35. The monoisotopic (exact) mass is 541 g/mol. The van der Waals surface area contributed by atoms with E-state index in [2.05, 4.69) is 72.4 Å². The SMILES string of the molecule is CCN(C(=O)C1CC1)C(C)c1nc2ccc(CCc3ccc4c(c3)NC(C(C)N(CC)C(=O)C3CC3)C4)cc2[nH]1. The molecule has 7 nitrogen and oxygen atoms in total. The van der Waals surface area contributed by atoms with Gasteiger partial charge in [-0.15, -0.1) is 0 Å². The Kier molecular flexibility index (Phi) is 7.32. The molecule has 2 fully saturated rings. The topological polar surface area (TPSA) is 81.3 Å². The van der Waals surface area contributed by atoms with Gasteiger partial charge < -0.3 is 20.1 Å². The van der Waals surface area contributed by atoms with E-state index in [9.17, 15) is 9.59 Å². The van der Waals surface area contributed by atoms with Crippen molar-refractivity contribution in [1.29, 1.82) is 0 Å². The second-order valence-electron chi connectivity index (χ2n) is 12.1. The Labute approximate surface area is 237 Å². The van der Waals surface area contributed by atoms with Crippen molar-refractivity contribution in [2.24, 2.45) is 11.8 Å². The van der Waals surface area contributed by atoms with Crippen LogP contribution in [-0.2, 0) is 28.9 Å². The number of aryl methyl sites for hydroxylation is 2. The lowest BCUT2D eigenvalue weighted by atomic mass is 10.00. The number of anilines is 1. The second kappa shape index (κ2) is 10.9. The first kappa shape index (κ1) is 26.9. The lowest BCUT2D eigenvalue weighted by molar-refractivity contribution is -0.135. The smallest absolute Gasteiger partial charge is 0.226 e. The predicted octanol–water partition coefficient (Wildman–Crippen LogP) is 5.65. The van der Waals surface area contributed by atoms with Crippen LogP contribution in [-0.4, -0.2) is 56.8 Å². The first-order valence-electron chi connectivity index (χ1n) is 15.3. The van der Waals surface area contributed by atoms with E-state index in [1.165, 1.54) is 22.4 Å². The van der Waals surface area contributed by atoms with Crippen molar-refractivity contribution in [3.05, 3.63) is 58.9 Å². The first-order valence-corrected chi connectivity index (χ1v) is 15.3. The van der Waals surface area contributed by atoms with Gasteiger partial charge in [0, 0.05) is 36.7 Å². The van der Waals surface area contributed by atoms with Crippen molar-refractivity contribution in [1.82, 2.24) is 19.8 Å². The average Bonchev–Trinajstić information content (AvgIpc) is 3.89. The first-order chi connectivity index (χ1) is 19.4. The molecule has 40 heavy (non-hydrogen) atoms. The Bertz CT molecular complexity index is 1410. The lowest BCUT2D eigenvalue weighted by Gasteiger charge is -2.32. The number of hydrogen-bond donors (Lipinski definition) is 2. The highest BCUT2D eigenvalue weighted by Gasteiger charge is 2.38. The largest absolute Gasteiger partial charge is 0.380 e. The van der Waals surface area contributed by atoms with Crippen molar-refractivity contribution < 1.29 is 9.59 Å². The fraction of sp³-hybridized carbons (Fsp3) is 0.545. The zero-order valence-electron chi connectivity index (χ0n) is 24.4. The van der Waals surface area contributed by atoms with E-state index in [1.807, 2.05) is 11.8 Å². The number of aromatic amines is 1. The molecule has 2 amide bonds. The third-order valence-electron chi connectivity index (χ3n) is 9.26. The Hall–Kier alpha value is -3.35. The number of H-pyrrole nitrogens is 1. The molecule has 0 radical (unpaired) electrons. The molecule has 3 aromatic rings. The summed E-state index contributed by atoms with van der Waals surface area (Å²) in [6.07, 6.45) is 7.00. The molecule has 1 aliphatic heterocycles. The van der Waals surface area contributed by atoms with Gasteiger partial charge in [-0.2, -0.15) is 0 Å². The van der Waals surface area contributed by atoms with E-state index in [-0.39, 0.29) is 35.9 Å². The average molecular weight is 542 g/mol. The number of rotatable bonds is 11. The number of carbonyl (C=O) groups excluding carboxylic acids is 2. The number of carbonyl (C=O) groups is 2. The fourth-order valence-electron chi connectivity index (χ4n) is 6.35. The molecular formula is C33H43N5O2. The van der Waals surface area contributed by atoms with E-state index in [1.54, 1.807) is 0 Å². The summed E-state index contributed by atoms with van der Waals surface area (Å²) in [5.74, 6) is 1.92. The molecule has 6 rings (SSSR count). The lowest BCUT2D eigenvalue weighted by Crippen LogP contribution is -2.48. The van der Waals surface area contributed by atoms with Gasteiger partial charge in [0.1, 0.15) is 5.82 Å². The third kappa shape index (κ3) is 5.35. The van der Waals surface area contributed by atoms with Crippen molar-refractivity contribution in [3.63, 3.8) is 0 Å². The van der Waals surface area contributed by atoms with Crippen molar-refractivity contribution in [3.8, 4) is 0 Å². The molecule has 3 unspecified atom stereocenters. The van der Waals surface area contributed by atoms with Crippen LogP contribution in [0, 0.1) is 11.8 Å². The Morgan fingerprint density at radius 1 is 0.900 bits per heavy atom. The van der Waals surface area contributed by atoms with Crippen LogP contribution < -0.4 is 5.32 Å². The zero-order chi connectivity index (χ0) is 28.0. The third-order valence-corrected chi connectivity index (χ3v) is 9.26. The summed E-state index contributed by atoms with van der Waals surface area (Å²) in [4.78, 5) is 37.8. The summed E-state index contributed by atoms with van der Waals surface area (Å²) < 4.78 is 0. The number of fused-ring (bicyclic) bond motifs is 2. The summed E-state index contributed by atoms with van der Waals surface area (Å²) in [7, 11) is 0. The maximum atomic E-state index is 12.8. The van der Waals surface area contributed by atoms with Gasteiger partial charge in [-0.05, 0) is 108 Å². The van der Waals surface area contributed by atoms with Gasteiger partial charge in [-0.25, -0.2) is 4.98 Å². The minimum atomic E-state index is -0.0596. The van der Waals surface area contributed by atoms with Crippen molar-refractivity contribution in [2.75, 3.05) is 18.4 Å². The number of hydrogen-bond acceptors (Lipinski definition) is 4. The highest BCUT2D eigenvalue weighted by Crippen LogP contribution is 2.35. The van der Waals surface area contributed by atoms with Crippen LogP contribution in [0.5, 0.6) is 0 Å². The quantitative estimate of drug-likeness (QED) is 0.329. The number of nitrogens with zero attached hydrogens (tertiary/aromatic N) is 3. The van der Waals surface area contributed by atoms with E-state index < -0.39 is 0 Å². The summed E-state index contributed by atoms with van der Waals surface area (Å²) >= 11 is 0. The van der Waals surface area contributed by atoms with E-state index in [0.717, 1.165) is 68.3 Å². The van der Waals surface area contributed by atoms with Crippen LogP contribution in [0.3, 0.4) is 0 Å². The van der Waals surface area contributed by atoms with Crippen LogP contribution in [0.4, 0.5) is 5.69 Å². The molecule has 2 N–H and O–H groups in total. The number of amides is 2. The molecule has 212 valence electrons. The molecule has 0 spiro atoms. The maximum Gasteiger partial charge on any atom is 0.226 e. The molecule has 3 aliphatic rings. The van der Waals surface area contributed by atoms with Gasteiger partial charge in [0.25, 0.3) is 0 Å².